The van der Waals surface area contributed by atoms with Crippen molar-refractivity contribution in [3.8, 4) is 11.6 Å². The molecule has 294 valence electrons. The third-order valence-electron chi connectivity index (χ3n) is 8.83. The average molecular weight is 761 g/mol. The molecule has 16 nitrogen and oxygen atoms in total. The van der Waals surface area contributed by atoms with Crippen LogP contribution in [0.25, 0.3) is 5.69 Å². The normalized spacial score (nSPS) is 16.2. The van der Waals surface area contributed by atoms with Gasteiger partial charge in [0.05, 0.1) is 18.7 Å². The molecule has 2 saturated heterocycles. The van der Waals surface area contributed by atoms with Crippen LogP contribution in [0.15, 0.2) is 66.7 Å². The first-order chi connectivity index (χ1) is 26.3. The summed E-state index contributed by atoms with van der Waals surface area (Å²) in [5.41, 5.74) is 0.367. The summed E-state index contributed by atoms with van der Waals surface area (Å²) in [6, 6.07) is 17.3. The first-order valence-corrected chi connectivity index (χ1v) is 18.3. The highest BCUT2D eigenvalue weighted by molar-refractivity contribution is 5.98. The number of para-hydroxylation sites is 1. The van der Waals surface area contributed by atoms with Gasteiger partial charge in [0, 0.05) is 38.8 Å². The van der Waals surface area contributed by atoms with E-state index in [1.165, 1.54) is 25.4 Å². The minimum atomic E-state index is -1.32. The number of esters is 2. The molecule has 0 unspecified atom stereocenters. The van der Waals surface area contributed by atoms with Gasteiger partial charge >= 0.3 is 18.0 Å². The van der Waals surface area contributed by atoms with Crippen LogP contribution in [0.3, 0.4) is 0 Å². The summed E-state index contributed by atoms with van der Waals surface area (Å²) in [7, 11) is 0. The lowest BCUT2D eigenvalue weighted by Crippen LogP contribution is -2.56. The van der Waals surface area contributed by atoms with E-state index in [4.69, 9.17) is 18.9 Å². The Morgan fingerprint density at radius 2 is 1.53 bits per heavy atom. The van der Waals surface area contributed by atoms with E-state index in [0.717, 1.165) is 5.56 Å². The Morgan fingerprint density at radius 1 is 0.873 bits per heavy atom. The van der Waals surface area contributed by atoms with Crippen molar-refractivity contribution in [3.05, 3.63) is 78.0 Å². The zero-order valence-electron chi connectivity index (χ0n) is 31.6. The van der Waals surface area contributed by atoms with Crippen LogP contribution in [-0.4, -0.2) is 124 Å². The predicted octanol–water partition coefficient (Wildman–Crippen LogP) is 3.12. The Morgan fingerprint density at radius 3 is 2.18 bits per heavy atom. The maximum absolute atomic E-state index is 13.8. The fraction of sp³-hybridized carbons (Fsp3) is 0.462. The summed E-state index contributed by atoms with van der Waals surface area (Å²) >= 11 is 0. The summed E-state index contributed by atoms with van der Waals surface area (Å²) in [5.74, 6) is -2.90. The number of aromatic nitrogens is 2. The molecule has 3 aromatic rings. The second-order valence-corrected chi connectivity index (χ2v) is 14.1. The van der Waals surface area contributed by atoms with Crippen LogP contribution >= 0.6 is 0 Å². The molecule has 3 heterocycles. The molecule has 2 atom stereocenters. The van der Waals surface area contributed by atoms with Crippen LogP contribution in [0.4, 0.5) is 4.79 Å². The molecule has 2 aliphatic rings. The molecule has 2 aromatic carbocycles. The summed E-state index contributed by atoms with van der Waals surface area (Å²) in [5, 5.41) is 7.09. The van der Waals surface area contributed by atoms with Gasteiger partial charge < -0.3 is 39.0 Å². The average Bonchev–Trinajstić information content (AvgIpc) is 3.84. The summed E-state index contributed by atoms with van der Waals surface area (Å²) in [6.07, 6.45) is 0.133. The SMILES string of the molecule is CCOC(=O)N1CCN(C(=O)[C@H](CC(=O)OC(C)(C)C)NC(=O)c2cc(OCC(=O)N3CCC[C@H]3C(=O)OCc3ccccc3)n(-c3ccccc3)n2)CC1. The van der Waals surface area contributed by atoms with E-state index in [0.29, 0.717) is 25.1 Å². The van der Waals surface area contributed by atoms with Crippen LogP contribution in [0, 0.1) is 0 Å². The molecule has 1 N–H and O–H groups in total. The molecule has 55 heavy (non-hydrogen) atoms. The van der Waals surface area contributed by atoms with Crippen molar-refractivity contribution in [1.82, 2.24) is 29.8 Å². The lowest BCUT2D eigenvalue weighted by molar-refractivity contribution is -0.157. The van der Waals surface area contributed by atoms with Gasteiger partial charge in [-0.05, 0) is 58.2 Å². The zero-order chi connectivity index (χ0) is 39.5. The highest BCUT2D eigenvalue weighted by Gasteiger charge is 2.37. The number of ether oxygens (including phenoxy) is 4. The number of hydrogen-bond donors (Lipinski definition) is 1. The first-order valence-electron chi connectivity index (χ1n) is 18.3. The van der Waals surface area contributed by atoms with Gasteiger partial charge in [0.25, 0.3) is 11.8 Å². The van der Waals surface area contributed by atoms with Gasteiger partial charge in [-0.1, -0.05) is 48.5 Å². The van der Waals surface area contributed by atoms with Gasteiger partial charge in [-0.3, -0.25) is 19.2 Å². The number of nitrogens with zero attached hydrogens (tertiary/aromatic N) is 5. The van der Waals surface area contributed by atoms with Gasteiger partial charge in [0.2, 0.25) is 11.8 Å². The number of piperazine rings is 1. The molecular formula is C39H48N6O10. The quantitative estimate of drug-likeness (QED) is 0.200. The molecule has 5 rings (SSSR count). The van der Waals surface area contributed by atoms with E-state index in [-0.39, 0.29) is 51.0 Å². The van der Waals surface area contributed by atoms with Crippen LogP contribution in [0.1, 0.15) is 63.0 Å². The number of carbonyl (C=O) groups is 6. The van der Waals surface area contributed by atoms with Crippen molar-refractivity contribution in [1.29, 1.82) is 0 Å². The summed E-state index contributed by atoms with van der Waals surface area (Å²) in [6.45, 7) is 7.74. The lowest BCUT2D eigenvalue weighted by atomic mass is 10.1. The minimum Gasteiger partial charge on any atom is -0.467 e. The van der Waals surface area contributed by atoms with Crippen molar-refractivity contribution in [2.24, 2.45) is 0 Å². The summed E-state index contributed by atoms with van der Waals surface area (Å²) in [4.78, 5) is 83.5. The van der Waals surface area contributed by atoms with Crippen LogP contribution in [0.5, 0.6) is 5.88 Å². The third-order valence-corrected chi connectivity index (χ3v) is 8.83. The van der Waals surface area contributed by atoms with E-state index >= 15 is 0 Å². The molecule has 0 spiro atoms. The van der Waals surface area contributed by atoms with E-state index in [1.54, 1.807) is 58.0 Å². The van der Waals surface area contributed by atoms with Crippen molar-refractivity contribution < 1.29 is 47.7 Å². The zero-order valence-corrected chi connectivity index (χ0v) is 31.6. The number of amides is 4. The Bertz CT molecular complexity index is 1820. The molecule has 0 radical (unpaired) electrons. The fourth-order valence-electron chi connectivity index (χ4n) is 6.21. The molecule has 4 amide bonds. The Balaban J connectivity index is 1.29. The van der Waals surface area contributed by atoms with E-state index < -0.39 is 66.5 Å². The van der Waals surface area contributed by atoms with E-state index in [1.807, 2.05) is 30.3 Å². The van der Waals surface area contributed by atoms with Gasteiger partial charge in [-0.25, -0.2) is 14.3 Å². The van der Waals surface area contributed by atoms with Gasteiger partial charge in [0.15, 0.2) is 12.3 Å². The number of benzene rings is 2. The van der Waals surface area contributed by atoms with Gasteiger partial charge in [0.1, 0.15) is 24.3 Å². The second kappa shape index (κ2) is 18.4. The van der Waals surface area contributed by atoms with Gasteiger partial charge in [-0.2, -0.15) is 5.10 Å². The van der Waals surface area contributed by atoms with E-state index in [9.17, 15) is 28.8 Å². The van der Waals surface area contributed by atoms with Crippen molar-refractivity contribution in [2.45, 2.75) is 71.2 Å². The molecule has 1 aromatic heterocycles. The standard InChI is InChI=1S/C39H48N6O10/c1-5-52-38(51)43-21-19-42(20-22-43)36(49)30(24-34(47)55-39(2,3)4)40-35(48)29-23-33(45(41-29)28-15-10-7-11-16-28)53-26-32(46)44-18-12-17-31(44)37(50)54-25-27-13-8-6-9-14-27/h6-11,13-16,23,30-31H,5,12,17-22,24-26H2,1-4H3,(H,40,48)/t30-,31-/m0/s1. The predicted molar refractivity (Wildman–Crippen MR) is 197 cm³/mol. The number of likely N-dealkylation sites (tertiary alicyclic amines) is 1. The second-order valence-electron chi connectivity index (χ2n) is 14.1. The Labute approximate surface area is 319 Å². The molecule has 2 fully saturated rings. The van der Waals surface area contributed by atoms with Gasteiger partial charge in [-0.15, -0.1) is 0 Å². The Hall–Kier alpha value is -5.93. The first kappa shape index (κ1) is 40.3. The highest BCUT2D eigenvalue weighted by Crippen LogP contribution is 2.23. The maximum atomic E-state index is 13.8. The lowest BCUT2D eigenvalue weighted by Gasteiger charge is -2.35. The molecule has 0 saturated carbocycles. The Kier molecular flexibility index (Phi) is 13.5. The smallest absolute Gasteiger partial charge is 0.409 e. The van der Waals surface area contributed by atoms with Crippen molar-refractivity contribution in [2.75, 3.05) is 45.9 Å². The number of rotatable bonds is 13. The molecule has 0 aliphatic carbocycles. The number of carbonyl (C=O) groups excluding carboxylic acids is 6. The molecule has 0 bridgehead atoms. The minimum absolute atomic E-state index is 0.0530. The van der Waals surface area contributed by atoms with Crippen molar-refractivity contribution >= 4 is 35.8 Å². The third kappa shape index (κ3) is 11.1. The molecule has 16 heteroatoms. The highest BCUT2D eigenvalue weighted by atomic mass is 16.6. The molecule has 2 aliphatic heterocycles. The number of hydrogen-bond acceptors (Lipinski definition) is 11. The van der Waals surface area contributed by atoms with Crippen LogP contribution in [0.2, 0.25) is 0 Å². The number of nitrogens with one attached hydrogen (secondary N) is 1. The topological polar surface area (TPSA) is 179 Å². The van der Waals surface area contributed by atoms with Crippen molar-refractivity contribution in [3.63, 3.8) is 0 Å². The largest absolute Gasteiger partial charge is 0.467 e. The fourth-order valence-corrected chi connectivity index (χ4v) is 6.21. The monoisotopic (exact) mass is 760 g/mol. The maximum Gasteiger partial charge on any atom is 0.409 e. The van der Waals surface area contributed by atoms with Crippen LogP contribution in [-0.2, 0) is 40.0 Å². The molecular weight excluding hydrogens is 712 g/mol. The van der Waals surface area contributed by atoms with E-state index in [2.05, 4.69) is 10.4 Å². The summed E-state index contributed by atoms with van der Waals surface area (Å²) < 4.78 is 23.3. The van der Waals surface area contributed by atoms with Crippen LogP contribution < -0.4 is 10.1 Å².